The van der Waals surface area contributed by atoms with Crippen LogP contribution < -0.4 is 0 Å². The highest BCUT2D eigenvalue weighted by molar-refractivity contribution is 6.31. The van der Waals surface area contributed by atoms with Crippen LogP contribution in [0.15, 0.2) is 36.4 Å². The van der Waals surface area contributed by atoms with Crippen LogP contribution in [0.3, 0.4) is 0 Å². The lowest BCUT2D eigenvalue weighted by Gasteiger charge is -1.98. The maximum Gasteiger partial charge on any atom is 0.0441 e. The zero-order valence-corrected chi connectivity index (χ0v) is 8.01. The van der Waals surface area contributed by atoms with Crippen molar-refractivity contribution in [1.29, 1.82) is 0 Å². The van der Waals surface area contributed by atoms with Crippen LogP contribution in [0.5, 0.6) is 0 Å². The quantitative estimate of drug-likeness (QED) is 0.620. The molecule has 0 saturated heterocycles. The number of rotatable bonds is 3. The zero-order valence-electron chi connectivity index (χ0n) is 7.26. The van der Waals surface area contributed by atoms with Gasteiger partial charge in [-0.25, -0.2) is 0 Å². The minimum Gasteiger partial charge on any atom is -0.0885 e. The Hall–Kier alpha value is -0.750. The highest BCUT2D eigenvalue weighted by Crippen LogP contribution is 2.15. The van der Waals surface area contributed by atoms with E-state index < -0.39 is 0 Å². The van der Waals surface area contributed by atoms with Crippen molar-refractivity contribution in [3.63, 3.8) is 0 Å². The topological polar surface area (TPSA) is 0 Å². The van der Waals surface area contributed by atoms with Crippen molar-refractivity contribution in [2.24, 2.45) is 0 Å². The molecule has 0 N–H and O–H groups in total. The van der Waals surface area contributed by atoms with E-state index >= 15 is 0 Å². The molecule has 1 rings (SSSR count). The van der Waals surface area contributed by atoms with Crippen molar-refractivity contribution in [2.45, 2.75) is 19.8 Å². The van der Waals surface area contributed by atoms with Crippen LogP contribution in [-0.4, -0.2) is 0 Å². The second-order valence-corrected chi connectivity index (χ2v) is 3.08. The van der Waals surface area contributed by atoms with Gasteiger partial charge in [0.15, 0.2) is 0 Å². The largest absolute Gasteiger partial charge is 0.0885 e. The molecule has 0 atom stereocenters. The second-order valence-electron chi connectivity index (χ2n) is 2.68. The minimum absolute atomic E-state index is 0.859. The Kier molecular flexibility index (Phi) is 3.89. The third kappa shape index (κ3) is 2.71. The summed E-state index contributed by atoms with van der Waals surface area (Å²) >= 11 is 5.97. The van der Waals surface area contributed by atoms with Gasteiger partial charge in [0.1, 0.15) is 0 Å². The first-order chi connectivity index (χ1) is 5.84. The fourth-order valence-electron chi connectivity index (χ4n) is 1.04. The molecule has 1 aromatic carbocycles. The summed E-state index contributed by atoms with van der Waals surface area (Å²) in [5.74, 6) is 0. The Morgan fingerprint density at radius 2 is 2.00 bits per heavy atom. The summed E-state index contributed by atoms with van der Waals surface area (Å²) in [6, 6.07) is 7.95. The number of halogens is 1. The maximum absolute atomic E-state index is 5.97. The van der Waals surface area contributed by atoms with E-state index in [2.05, 4.69) is 25.1 Å². The molecule has 1 heteroatoms. The lowest BCUT2D eigenvalue weighted by Crippen LogP contribution is -1.81. The molecule has 0 heterocycles. The molecule has 0 aromatic heterocycles. The summed E-state index contributed by atoms with van der Waals surface area (Å²) < 4.78 is 0. The first-order valence-corrected chi connectivity index (χ1v) is 4.60. The van der Waals surface area contributed by atoms with Gasteiger partial charge in [0.25, 0.3) is 0 Å². The Balaban J connectivity index is 2.63. The zero-order chi connectivity index (χ0) is 8.81. The van der Waals surface area contributed by atoms with Gasteiger partial charge >= 0.3 is 0 Å². The van der Waals surface area contributed by atoms with Crippen LogP contribution in [0.2, 0.25) is 5.02 Å². The molecule has 0 aliphatic carbocycles. The summed E-state index contributed by atoms with van der Waals surface area (Å²) in [5.41, 5.74) is 1.20. The number of hydrogen-bond donors (Lipinski definition) is 0. The smallest absolute Gasteiger partial charge is 0.0441 e. The summed E-state index contributed by atoms with van der Waals surface area (Å²) in [6.07, 6.45) is 6.34. The van der Waals surface area contributed by atoms with Crippen LogP contribution in [-0.2, 0) is 6.42 Å². The third-order valence-corrected chi connectivity index (χ3v) is 2.07. The molecule has 0 nitrogen and oxygen atoms in total. The van der Waals surface area contributed by atoms with Crippen molar-refractivity contribution < 1.29 is 0 Å². The van der Waals surface area contributed by atoms with Gasteiger partial charge in [-0.15, -0.1) is 0 Å². The van der Waals surface area contributed by atoms with Crippen molar-refractivity contribution in [3.05, 3.63) is 47.0 Å². The molecule has 12 heavy (non-hydrogen) atoms. The Morgan fingerprint density at radius 1 is 1.25 bits per heavy atom. The molecular weight excluding hydrogens is 168 g/mol. The van der Waals surface area contributed by atoms with Gasteiger partial charge in [-0.05, 0) is 24.5 Å². The molecule has 0 aliphatic heterocycles. The van der Waals surface area contributed by atoms with E-state index in [0.717, 1.165) is 17.9 Å². The fourth-order valence-corrected chi connectivity index (χ4v) is 1.25. The number of benzene rings is 1. The third-order valence-electron chi connectivity index (χ3n) is 1.70. The average molecular weight is 181 g/mol. The van der Waals surface area contributed by atoms with E-state index in [1.54, 1.807) is 0 Å². The molecule has 0 fully saturated rings. The van der Waals surface area contributed by atoms with Crippen molar-refractivity contribution in [3.8, 4) is 0 Å². The Morgan fingerprint density at radius 3 is 2.67 bits per heavy atom. The van der Waals surface area contributed by atoms with Gasteiger partial charge < -0.3 is 0 Å². The summed E-state index contributed by atoms with van der Waals surface area (Å²) in [7, 11) is 0. The van der Waals surface area contributed by atoms with Gasteiger partial charge in [-0.3, -0.25) is 0 Å². The fraction of sp³-hybridized carbons (Fsp3) is 0.273. The van der Waals surface area contributed by atoms with Gasteiger partial charge in [0.2, 0.25) is 0 Å². The molecule has 0 aliphatic rings. The summed E-state index contributed by atoms with van der Waals surface area (Å²) in [5, 5.41) is 0.859. The van der Waals surface area contributed by atoms with Crippen molar-refractivity contribution in [2.75, 3.05) is 0 Å². The molecule has 0 spiro atoms. The van der Waals surface area contributed by atoms with Crippen molar-refractivity contribution >= 4 is 11.6 Å². The van der Waals surface area contributed by atoms with Crippen LogP contribution in [0, 0.1) is 0 Å². The van der Waals surface area contributed by atoms with Crippen LogP contribution >= 0.6 is 11.6 Å². The van der Waals surface area contributed by atoms with E-state index in [9.17, 15) is 0 Å². The van der Waals surface area contributed by atoms with Crippen LogP contribution in [0.1, 0.15) is 18.9 Å². The Labute approximate surface area is 78.9 Å². The molecule has 0 amide bonds. The first-order valence-electron chi connectivity index (χ1n) is 4.23. The van der Waals surface area contributed by atoms with E-state index in [4.69, 9.17) is 11.6 Å². The van der Waals surface area contributed by atoms with Gasteiger partial charge in [-0.1, -0.05) is 48.9 Å². The Bertz CT molecular complexity index is 263. The van der Waals surface area contributed by atoms with Crippen molar-refractivity contribution in [1.82, 2.24) is 0 Å². The van der Waals surface area contributed by atoms with Gasteiger partial charge in [-0.2, -0.15) is 0 Å². The molecule has 0 unspecified atom stereocenters. The number of allylic oxidation sites excluding steroid dienone is 2. The maximum atomic E-state index is 5.97. The average Bonchev–Trinajstić information content (AvgIpc) is 2.09. The standard InChI is InChI=1S/C11H13Cl/c1-2-3-4-7-10-8-5-6-9-11(10)12/h3-6,8-9H,2,7H2,1H3/b4-3+. The van der Waals surface area contributed by atoms with Crippen LogP contribution in [0.4, 0.5) is 0 Å². The van der Waals surface area contributed by atoms with Gasteiger partial charge in [0, 0.05) is 5.02 Å². The van der Waals surface area contributed by atoms with E-state index in [0.29, 0.717) is 0 Å². The van der Waals surface area contributed by atoms with Crippen LogP contribution in [0.25, 0.3) is 0 Å². The monoisotopic (exact) mass is 180 g/mol. The normalized spacial score (nSPS) is 10.8. The minimum atomic E-state index is 0.859. The molecule has 0 saturated carbocycles. The lowest BCUT2D eigenvalue weighted by atomic mass is 10.1. The van der Waals surface area contributed by atoms with E-state index in [1.165, 1.54) is 5.56 Å². The van der Waals surface area contributed by atoms with E-state index in [-0.39, 0.29) is 0 Å². The predicted octanol–water partition coefficient (Wildman–Crippen LogP) is 3.85. The van der Waals surface area contributed by atoms with Gasteiger partial charge in [0.05, 0.1) is 0 Å². The predicted molar refractivity (Wildman–Crippen MR) is 54.6 cm³/mol. The first kappa shape index (κ1) is 9.34. The molecule has 0 radical (unpaired) electrons. The lowest BCUT2D eigenvalue weighted by molar-refractivity contribution is 1.18. The molecule has 0 bridgehead atoms. The molecule has 1 aromatic rings. The summed E-state index contributed by atoms with van der Waals surface area (Å²) in [6.45, 7) is 2.13. The SMILES string of the molecule is CC/C=C/Cc1ccccc1Cl. The highest BCUT2D eigenvalue weighted by Gasteiger charge is 1.93. The summed E-state index contributed by atoms with van der Waals surface area (Å²) in [4.78, 5) is 0. The molecular formula is C11H13Cl. The van der Waals surface area contributed by atoms with E-state index in [1.807, 2.05) is 18.2 Å². The molecule has 64 valence electrons. The highest BCUT2D eigenvalue weighted by atomic mass is 35.5. The number of hydrogen-bond acceptors (Lipinski definition) is 0. The second kappa shape index (κ2) is 5.00.